The number of anilines is 1. The van der Waals surface area contributed by atoms with Crippen molar-refractivity contribution in [1.82, 2.24) is 5.43 Å². The fourth-order valence-corrected chi connectivity index (χ4v) is 4.41. The molecule has 3 rings (SSSR count). The van der Waals surface area contributed by atoms with E-state index < -0.39 is 26.9 Å². The lowest BCUT2D eigenvalue weighted by Gasteiger charge is -2.27. The summed E-state index contributed by atoms with van der Waals surface area (Å²) in [5.41, 5.74) is 3.27. The number of nitro groups is 1. The number of hydrazone groups is 1. The Morgan fingerprint density at radius 1 is 1.03 bits per heavy atom. The minimum absolute atomic E-state index is 0.111. The van der Waals surface area contributed by atoms with Gasteiger partial charge in [-0.05, 0) is 50.2 Å². The van der Waals surface area contributed by atoms with Crippen molar-refractivity contribution < 1.29 is 22.9 Å². The van der Waals surface area contributed by atoms with Gasteiger partial charge >= 0.3 is 0 Å². The maximum Gasteiger partial charge on any atom is 0.270 e. The lowest BCUT2D eigenvalue weighted by molar-refractivity contribution is -0.384. The molecular weight excluding hydrogens is 472 g/mol. The standard InChI is InChI=1S/C24H24N4O6S/c1-17(19-8-7-9-21(16-19)28(30)31)25-26-24(29)18(2)27(35(3,32)33)20-12-14-23(15-13-20)34-22-10-5-4-6-11-22/h4-16,18H,1-3H3,(H,26,29)/b25-17-/t18-/m1/s1. The molecule has 3 aromatic rings. The summed E-state index contributed by atoms with van der Waals surface area (Å²) in [6.07, 6.45) is 1.00. The van der Waals surface area contributed by atoms with Crippen molar-refractivity contribution >= 4 is 33.0 Å². The van der Waals surface area contributed by atoms with E-state index in [4.69, 9.17) is 4.74 Å². The van der Waals surface area contributed by atoms with E-state index in [9.17, 15) is 23.3 Å². The van der Waals surface area contributed by atoms with E-state index in [1.165, 1.54) is 25.1 Å². The number of non-ortho nitro benzene ring substituents is 1. The molecule has 0 heterocycles. The summed E-state index contributed by atoms with van der Waals surface area (Å²) in [7, 11) is -3.83. The Hall–Kier alpha value is -4.25. The van der Waals surface area contributed by atoms with Crippen molar-refractivity contribution in [2.45, 2.75) is 19.9 Å². The van der Waals surface area contributed by atoms with Crippen LogP contribution in [0.1, 0.15) is 19.4 Å². The number of para-hydroxylation sites is 1. The second-order valence-corrected chi connectivity index (χ2v) is 9.48. The van der Waals surface area contributed by atoms with Crippen molar-refractivity contribution in [1.29, 1.82) is 0 Å². The van der Waals surface area contributed by atoms with Crippen molar-refractivity contribution in [3.63, 3.8) is 0 Å². The number of ether oxygens (including phenoxy) is 1. The summed E-state index contributed by atoms with van der Waals surface area (Å²) in [5, 5.41) is 15.0. The van der Waals surface area contributed by atoms with E-state index in [0.29, 0.717) is 22.8 Å². The highest BCUT2D eigenvalue weighted by Gasteiger charge is 2.29. The first kappa shape index (κ1) is 25.4. The van der Waals surface area contributed by atoms with Crippen LogP contribution < -0.4 is 14.5 Å². The zero-order valence-electron chi connectivity index (χ0n) is 19.3. The lowest BCUT2D eigenvalue weighted by atomic mass is 10.1. The first-order chi connectivity index (χ1) is 16.6. The molecule has 0 fully saturated rings. The van der Waals surface area contributed by atoms with Gasteiger partial charge in [0.05, 0.1) is 22.6 Å². The molecule has 0 saturated carbocycles. The summed E-state index contributed by atoms with van der Waals surface area (Å²) in [4.78, 5) is 23.2. The van der Waals surface area contributed by atoms with E-state index in [1.807, 2.05) is 18.2 Å². The van der Waals surface area contributed by atoms with Gasteiger partial charge in [-0.3, -0.25) is 19.2 Å². The van der Waals surface area contributed by atoms with Crippen LogP contribution in [0.15, 0.2) is 84.0 Å². The van der Waals surface area contributed by atoms with E-state index in [2.05, 4.69) is 10.5 Å². The van der Waals surface area contributed by atoms with Crippen LogP contribution in [0.25, 0.3) is 0 Å². The smallest absolute Gasteiger partial charge is 0.270 e. The molecular formula is C24H24N4O6S. The van der Waals surface area contributed by atoms with Crippen molar-refractivity contribution in [2.24, 2.45) is 5.10 Å². The van der Waals surface area contributed by atoms with Gasteiger partial charge in [0.25, 0.3) is 11.6 Å². The molecule has 182 valence electrons. The van der Waals surface area contributed by atoms with Crippen LogP contribution in [0.2, 0.25) is 0 Å². The molecule has 0 aliphatic carbocycles. The molecule has 3 aromatic carbocycles. The average Bonchev–Trinajstić information content (AvgIpc) is 2.83. The number of sulfonamides is 1. The van der Waals surface area contributed by atoms with Gasteiger partial charge in [-0.2, -0.15) is 5.10 Å². The number of benzene rings is 3. The van der Waals surface area contributed by atoms with Gasteiger partial charge in [0, 0.05) is 17.7 Å². The molecule has 0 bridgehead atoms. The molecule has 10 nitrogen and oxygen atoms in total. The van der Waals surface area contributed by atoms with Crippen LogP contribution in [-0.2, 0) is 14.8 Å². The molecule has 0 aliphatic rings. The average molecular weight is 497 g/mol. The number of amides is 1. The second kappa shape index (κ2) is 10.8. The zero-order valence-corrected chi connectivity index (χ0v) is 20.1. The predicted molar refractivity (Wildman–Crippen MR) is 133 cm³/mol. The van der Waals surface area contributed by atoms with Gasteiger partial charge in [0.15, 0.2) is 0 Å². The monoisotopic (exact) mass is 496 g/mol. The van der Waals surface area contributed by atoms with Crippen LogP contribution in [-0.4, -0.2) is 37.3 Å². The first-order valence-electron chi connectivity index (χ1n) is 10.5. The SMILES string of the molecule is C/C(=N/NC(=O)[C@@H](C)N(c1ccc(Oc2ccccc2)cc1)S(C)(=O)=O)c1cccc([N+](=O)[O-])c1. The Bertz CT molecular complexity index is 1340. The van der Waals surface area contributed by atoms with Crippen LogP contribution in [0.3, 0.4) is 0 Å². The number of carbonyl (C=O) groups excluding carboxylic acids is 1. The molecule has 0 saturated heterocycles. The Labute approximate surface area is 203 Å². The number of nitrogens with zero attached hydrogens (tertiary/aromatic N) is 3. The molecule has 0 radical (unpaired) electrons. The largest absolute Gasteiger partial charge is 0.457 e. The Kier molecular flexibility index (Phi) is 7.82. The fraction of sp³-hybridized carbons (Fsp3) is 0.167. The van der Waals surface area contributed by atoms with Crippen LogP contribution in [0.5, 0.6) is 11.5 Å². The fourth-order valence-electron chi connectivity index (χ4n) is 3.24. The Balaban J connectivity index is 1.76. The maximum atomic E-state index is 12.8. The van der Waals surface area contributed by atoms with Gasteiger partial charge in [-0.1, -0.05) is 30.3 Å². The highest BCUT2D eigenvalue weighted by molar-refractivity contribution is 7.92. The zero-order chi connectivity index (χ0) is 25.6. The second-order valence-electron chi connectivity index (χ2n) is 7.62. The molecule has 0 spiro atoms. The highest BCUT2D eigenvalue weighted by atomic mass is 32.2. The van der Waals surface area contributed by atoms with E-state index in [-0.39, 0.29) is 11.4 Å². The summed E-state index contributed by atoms with van der Waals surface area (Å²) >= 11 is 0. The van der Waals surface area contributed by atoms with Gasteiger partial charge in [0.2, 0.25) is 10.0 Å². The lowest BCUT2D eigenvalue weighted by Crippen LogP contribution is -2.46. The highest BCUT2D eigenvalue weighted by Crippen LogP contribution is 2.27. The number of hydrogen-bond acceptors (Lipinski definition) is 7. The number of hydrogen-bond donors (Lipinski definition) is 1. The summed E-state index contributed by atoms with van der Waals surface area (Å²) in [6, 6.07) is 20.1. The Morgan fingerprint density at radius 3 is 2.26 bits per heavy atom. The first-order valence-corrected chi connectivity index (χ1v) is 12.3. The van der Waals surface area contributed by atoms with Crippen LogP contribution in [0.4, 0.5) is 11.4 Å². The summed E-state index contributed by atoms with van der Waals surface area (Å²) < 4.78 is 31.8. The molecule has 0 aromatic heterocycles. The van der Waals surface area contributed by atoms with E-state index >= 15 is 0 Å². The quantitative estimate of drug-likeness (QED) is 0.270. The van der Waals surface area contributed by atoms with Gasteiger partial charge < -0.3 is 4.74 Å². The van der Waals surface area contributed by atoms with Gasteiger partial charge in [0.1, 0.15) is 17.5 Å². The molecule has 35 heavy (non-hydrogen) atoms. The summed E-state index contributed by atoms with van der Waals surface area (Å²) in [5.74, 6) is 0.456. The Morgan fingerprint density at radius 2 is 1.66 bits per heavy atom. The van der Waals surface area contributed by atoms with E-state index in [1.54, 1.807) is 49.4 Å². The number of rotatable bonds is 9. The summed E-state index contributed by atoms with van der Waals surface area (Å²) in [6.45, 7) is 3.01. The number of nitrogens with one attached hydrogen (secondary N) is 1. The van der Waals surface area contributed by atoms with Crippen LogP contribution >= 0.6 is 0 Å². The van der Waals surface area contributed by atoms with Crippen molar-refractivity contribution in [3.05, 3.63) is 94.5 Å². The van der Waals surface area contributed by atoms with Crippen LogP contribution in [0, 0.1) is 10.1 Å². The van der Waals surface area contributed by atoms with Gasteiger partial charge in [-0.15, -0.1) is 0 Å². The van der Waals surface area contributed by atoms with Crippen molar-refractivity contribution in [2.75, 3.05) is 10.6 Å². The number of nitro benzene ring substituents is 1. The normalized spacial score (nSPS) is 12.5. The number of carbonyl (C=O) groups is 1. The minimum atomic E-state index is -3.83. The predicted octanol–water partition coefficient (Wildman–Crippen LogP) is 4.08. The molecule has 1 N–H and O–H groups in total. The molecule has 0 unspecified atom stereocenters. The van der Waals surface area contributed by atoms with Gasteiger partial charge in [-0.25, -0.2) is 13.8 Å². The molecule has 11 heteroatoms. The third-order valence-electron chi connectivity index (χ3n) is 4.97. The van der Waals surface area contributed by atoms with E-state index in [0.717, 1.165) is 10.6 Å². The molecule has 1 atom stereocenters. The third kappa shape index (κ3) is 6.64. The topological polar surface area (TPSA) is 131 Å². The molecule has 1 amide bonds. The van der Waals surface area contributed by atoms with Crippen molar-refractivity contribution in [3.8, 4) is 11.5 Å². The molecule has 0 aliphatic heterocycles. The maximum absolute atomic E-state index is 12.8. The third-order valence-corrected chi connectivity index (χ3v) is 6.21. The minimum Gasteiger partial charge on any atom is -0.457 e.